The molecular formula is C17H24BrN3. The first-order chi connectivity index (χ1) is 9.81. The number of fused-ring (bicyclic) bond motifs is 1. The quantitative estimate of drug-likeness (QED) is 0.839. The van der Waals surface area contributed by atoms with E-state index in [0.717, 1.165) is 12.5 Å². The summed E-state index contributed by atoms with van der Waals surface area (Å²) in [6, 6.07) is 8.80. The highest BCUT2D eigenvalue weighted by Crippen LogP contribution is 2.35. The summed E-state index contributed by atoms with van der Waals surface area (Å²) in [4.78, 5) is 2.43. The van der Waals surface area contributed by atoms with Crippen LogP contribution >= 0.6 is 17.0 Å². The number of benzene rings is 1. The fourth-order valence-corrected chi connectivity index (χ4v) is 3.42. The highest BCUT2D eigenvalue weighted by Gasteiger charge is 2.26. The Morgan fingerprint density at radius 1 is 1.10 bits per heavy atom. The van der Waals surface area contributed by atoms with E-state index >= 15 is 0 Å². The van der Waals surface area contributed by atoms with Gasteiger partial charge in [-0.1, -0.05) is 18.2 Å². The van der Waals surface area contributed by atoms with Gasteiger partial charge in [-0.05, 0) is 57.8 Å². The van der Waals surface area contributed by atoms with Crippen LogP contribution in [0.15, 0.2) is 24.3 Å². The zero-order chi connectivity index (χ0) is 13.5. The van der Waals surface area contributed by atoms with Crippen LogP contribution in [0.25, 0.3) is 10.9 Å². The maximum absolute atomic E-state index is 5.02. The van der Waals surface area contributed by atoms with Gasteiger partial charge in [-0.3, -0.25) is 4.68 Å². The third-order valence-corrected chi connectivity index (χ3v) is 4.92. The van der Waals surface area contributed by atoms with E-state index in [1.165, 1.54) is 55.4 Å². The van der Waals surface area contributed by atoms with Crippen molar-refractivity contribution in [1.82, 2.24) is 14.7 Å². The van der Waals surface area contributed by atoms with Crippen LogP contribution in [0.1, 0.15) is 37.3 Å². The zero-order valence-electron chi connectivity index (χ0n) is 12.7. The predicted octanol–water partition coefficient (Wildman–Crippen LogP) is 3.83. The van der Waals surface area contributed by atoms with Crippen LogP contribution in [0, 0.1) is 5.92 Å². The van der Waals surface area contributed by atoms with Gasteiger partial charge in [0.25, 0.3) is 0 Å². The third-order valence-electron chi connectivity index (χ3n) is 4.92. The Morgan fingerprint density at radius 2 is 1.81 bits per heavy atom. The van der Waals surface area contributed by atoms with E-state index in [-0.39, 0.29) is 17.0 Å². The van der Waals surface area contributed by atoms with Crippen molar-refractivity contribution in [2.24, 2.45) is 5.92 Å². The van der Waals surface area contributed by atoms with E-state index in [1.54, 1.807) is 0 Å². The van der Waals surface area contributed by atoms with Crippen LogP contribution in [-0.2, 0) is 6.54 Å². The number of piperidine rings is 1. The molecule has 1 aromatic carbocycles. The summed E-state index contributed by atoms with van der Waals surface area (Å²) in [7, 11) is 2.22. The molecule has 0 amide bonds. The molecule has 114 valence electrons. The minimum Gasteiger partial charge on any atom is -0.306 e. The lowest BCUT2D eigenvalue weighted by Crippen LogP contribution is -2.29. The smallest absolute Gasteiger partial charge is 0.0735 e. The molecule has 0 N–H and O–H groups in total. The number of nitrogens with zero attached hydrogens (tertiary/aromatic N) is 3. The molecule has 1 aliphatic heterocycles. The van der Waals surface area contributed by atoms with Crippen molar-refractivity contribution in [3.63, 3.8) is 0 Å². The molecule has 0 unspecified atom stereocenters. The van der Waals surface area contributed by atoms with Gasteiger partial charge in [0.1, 0.15) is 0 Å². The van der Waals surface area contributed by atoms with Gasteiger partial charge in [0, 0.05) is 17.8 Å². The second-order valence-electron chi connectivity index (χ2n) is 6.61. The van der Waals surface area contributed by atoms with E-state index < -0.39 is 0 Å². The van der Waals surface area contributed by atoms with Gasteiger partial charge in [-0.15, -0.1) is 17.0 Å². The topological polar surface area (TPSA) is 21.1 Å². The molecule has 3 nitrogen and oxygen atoms in total. The standard InChI is InChI=1S/C17H23N3.BrH/c1-19-10-8-14(9-11-19)17-15-4-2-3-5-16(15)20(18-17)12-13-6-7-13;/h2-5,13-14H,6-12H2,1H3;1H. The van der Waals surface area contributed by atoms with Crippen molar-refractivity contribution in [2.75, 3.05) is 20.1 Å². The Hall–Kier alpha value is -0.870. The molecule has 0 spiro atoms. The predicted molar refractivity (Wildman–Crippen MR) is 92.3 cm³/mol. The molecule has 2 fully saturated rings. The number of aromatic nitrogens is 2. The van der Waals surface area contributed by atoms with E-state index in [0.29, 0.717) is 5.92 Å². The molecular weight excluding hydrogens is 326 g/mol. The highest BCUT2D eigenvalue weighted by atomic mass is 79.9. The van der Waals surface area contributed by atoms with Gasteiger partial charge >= 0.3 is 0 Å². The third kappa shape index (κ3) is 3.02. The molecule has 1 saturated carbocycles. The average molecular weight is 350 g/mol. The van der Waals surface area contributed by atoms with Crippen molar-refractivity contribution in [1.29, 1.82) is 0 Å². The molecule has 2 aromatic rings. The fraction of sp³-hybridized carbons (Fsp3) is 0.588. The summed E-state index contributed by atoms with van der Waals surface area (Å²) in [5, 5.41) is 6.41. The summed E-state index contributed by atoms with van der Waals surface area (Å²) in [6.07, 6.45) is 5.28. The van der Waals surface area contributed by atoms with Crippen LogP contribution < -0.4 is 0 Å². The van der Waals surface area contributed by atoms with Crippen molar-refractivity contribution in [2.45, 2.75) is 38.1 Å². The average Bonchev–Trinajstić information content (AvgIpc) is 3.22. The fourth-order valence-electron chi connectivity index (χ4n) is 3.42. The first-order valence-electron chi connectivity index (χ1n) is 7.95. The second-order valence-corrected chi connectivity index (χ2v) is 6.61. The molecule has 4 rings (SSSR count). The lowest BCUT2D eigenvalue weighted by molar-refractivity contribution is 0.253. The van der Waals surface area contributed by atoms with Crippen LogP contribution in [-0.4, -0.2) is 34.8 Å². The van der Waals surface area contributed by atoms with Crippen molar-refractivity contribution in [3.8, 4) is 0 Å². The summed E-state index contributed by atoms with van der Waals surface area (Å²) >= 11 is 0. The van der Waals surface area contributed by atoms with Gasteiger partial charge in [-0.2, -0.15) is 5.10 Å². The van der Waals surface area contributed by atoms with Crippen molar-refractivity contribution < 1.29 is 0 Å². The van der Waals surface area contributed by atoms with Gasteiger partial charge in [0.2, 0.25) is 0 Å². The lowest BCUT2D eigenvalue weighted by Gasteiger charge is -2.28. The Morgan fingerprint density at radius 3 is 2.52 bits per heavy atom. The maximum Gasteiger partial charge on any atom is 0.0735 e. The van der Waals surface area contributed by atoms with E-state index in [4.69, 9.17) is 5.10 Å². The minimum absolute atomic E-state index is 0. The molecule has 1 aromatic heterocycles. The minimum atomic E-state index is 0. The lowest BCUT2D eigenvalue weighted by atomic mass is 9.92. The molecule has 1 aliphatic carbocycles. The second kappa shape index (κ2) is 6.09. The van der Waals surface area contributed by atoms with Crippen molar-refractivity contribution >= 4 is 27.9 Å². The summed E-state index contributed by atoms with van der Waals surface area (Å²) in [5.41, 5.74) is 2.70. The van der Waals surface area contributed by atoms with Gasteiger partial charge < -0.3 is 4.90 Å². The number of halogens is 1. The largest absolute Gasteiger partial charge is 0.306 e. The molecule has 21 heavy (non-hydrogen) atoms. The maximum atomic E-state index is 5.02. The Balaban J connectivity index is 0.00000132. The van der Waals surface area contributed by atoms with Gasteiger partial charge in [-0.25, -0.2) is 0 Å². The number of likely N-dealkylation sites (tertiary alicyclic amines) is 1. The monoisotopic (exact) mass is 349 g/mol. The molecule has 0 radical (unpaired) electrons. The molecule has 0 atom stereocenters. The van der Waals surface area contributed by atoms with E-state index in [9.17, 15) is 0 Å². The van der Waals surface area contributed by atoms with Crippen LogP contribution in [0.3, 0.4) is 0 Å². The first-order valence-corrected chi connectivity index (χ1v) is 7.95. The molecule has 2 aliphatic rings. The van der Waals surface area contributed by atoms with Crippen molar-refractivity contribution in [3.05, 3.63) is 30.0 Å². The normalized spacial score (nSPS) is 20.6. The number of hydrogen-bond donors (Lipinski definition) is 0. The summed E-state index contributed by atoms with van der Waals surface area (Å²) in [6.45, 7) is 3.52. The number of para-hydroxylation sites is 1. The number of rotatable bonds is 3. The zero-order valence-corrected chi connectivity index (χ0v) is 14.4. The Bertz CT molecular complexity index is 610. The highest BCUT2D eigenvalue weighted by molar-refractivity contribution is 8.93. The SMILES string of the molecule is Br.CN1CCC(c2nn(CC3CC3)c3ccccc23)CC1. The summed E-state index contributed by atoms with van der Waals surface area (Å²) < 4.78 is 2.28. The summed E-state index contributed by atoms with van der Waals surface area (Å²) in [5.74, 6) is 1.53. The Labute approximate surface area is 137 Å². The molecule has 2 heterocycles. The van der Waals surface area contributed by atoms with Gasteiger partial charge in [0.15, 0.2) is 0 Å². The van der Waals surface area contributed by atoms with E-state index in [1.807, 2.05) is 0 Å². The van der Waals surface area contributed by atoms with Crippen LogP contribution in [0.2, 0.25) is 0 Å². The van der Waals surface area contributed by atoms with Crippen LogP contribution in [0.4, 0.5) is 0 Å². The molecule has 4 heteroatoms. The number of hydrogen-bond acceptors (Lipinski definition) is 2. The molecule has 0 bridgehead atoms. The molecule has 1 saturated heterocycles. The first kappa shape index (κ1) is 15.0. The van der Waals surface area contributed by atoms with Gasteiger partial charge in [0.05, 0.1) is 11.2 Å². The Kier molecular flexibility index (Phi) is 4.36. The van der Waals surface area contributed by atoms with Crippen LogP contribution in [0.5, 0.6) is 0 Å². The van der Waals surface area contributed by atoms with E-state index in [2.05, 4.69) is 40.9 Å².